The molecule has 6 nitrogen and oxygen atoms in total. The topological polar surface area (TPSA) is 78.5 Å². The van der Waals surface area contributed by atoms with Crippen molar-refractivity contribution < 1.29 is 14.6 Å². The number of aromatic nitrogens is 2. The molecule has 1 saturated heterocycles. The van der Waals surface area contributed by atoms with Crippen molar-refractivity contribution >= 4 is 5.91 Å². The Labute approximate surface area is 146 Å². The maximum absolute atomic E-state index is 12.8. The van der Waals surface area contributed by atoms with Gasteiger partial charge in [-0.1, -0.05) is 12.1 Å². The lowest BCUT2D eigenvalue weighted by Gasteiger charge is -2.31. The first-order valence-corrected chi connectivity index (χ1v) is 8.69. The van der Waals surface area contributed by atoms with Crippen molar-refractivity contribution in [2.75, 3.05) is 20.2 Å². The number of aliphatic hydroxyl groups is 1. The Bertz CT molecular complexity index is 785. The molecular formula is C19H23N3O3. The Morgan fingerprint density at radius 2 is 2.12 bits per heavy atom. The van der Waals surface area contributed by atoms with Crippen molar-refractivity contribution in [3.8, 4) is 5.75 Å². The van der Waals surface area contributed by atoms with Crippen LogP contribution in [0, 0.1) is 18.8 Å². The highest BCUT2D eigenvalue weighted by molar-refractivity contribution is 5.95. The molecule has 0 bridgehead atoms. The van der Waals surface area contributed by atoms with Crippen molar-refractivity contribution in [1.82, 2.24) is 15.1 Å². The number of hydrogen-bond donors (Lipinski definition) is 2. The van der Waals surface area contributed by atoms with Gasteiger partial charge >= 0.3 is 0 Å². The van der Waals surface area contributed by atoms with E-state index in [4.69, 9.17) is 4.74 Å². The van der Waals surface area contributed by atoms with Crippen LogP contribution in [0.15, 0.2) is 30.5 Å². The van der Waals surface area contributed by atoms with E-state index in [9.17, 15) is 9.90 Å². The van der Waals surface area contributed by atoms with Gasteiger partial charge in [-0.25, -0.2) is 0 Å². The van der Waals surface area contributed by atoms with Crippen LogP contribution in [0.5, 0.6) is 5.75 Å². The van der Waals surface area contributed by atoms with Gasteiger partial charge in [0.2, 0.25) is 0 Å². The number of fused-ring (bicyclic) bond motifs is 1. The second kappa shape index (κ2) is 5.88. The summed E-state index contributed by atoms with van der Waals surface area (Å²) in [6.07, 6.45) is 3.25. The standard InChI is InChI=1S/C19H23N3O3/c1-12-16(9-20-21-12)18(23)22-10-13-7-8-19(24,17(13)11-22)14-3-5-15(25-2)6-4-14/h3-6,9,13,17,24H,7-8,10-11H2,1-2H3,(H,20,21)/t13-,17+,19+/m1/s1. The summed E-state index contributed by atoms with van der Waals surface area (Å²) in [5.41, 5.74) is 1.44. The summed E-state index contributed by atoms with van der Waals surface area (Å²) in [5, 5.41) is 18.1. The molecule has 2 aromatic rings. The quantitative estimate of drug-likeness (QED) is 0.896. The minimum absolute atomic E-state index is 0.00210. The van der Waals surface area contributed by atoms with Crippen LogP contribution < -0.4 is 4.74 Å². The summed E-state index contributed by atoms with van der Waals surface area (Å²) in [4.78, 5) is 14.6. The number of nitrogens with one attached hydrogen (secondary N) is 1. The molecule has 6 heteroatoms. The lowest BCUT2D eigenvalue weighted by Crippen LogP contribution is -2.36. The van der Waals surface area contributed by atoms with Gasteiger partial charge in [-0.15, -0.1) is 0 Å². The minimum Gasteiger partial charge on any atom is -0.497 e. The van der Waals surface area contributed by atoms with Gasteiger partial charge in [-0.2, -0.15) is 5.10 Å². The van der Waals surface area contributed by atoms with E-state index in [-0.39, 0.29) is 11.8 Å². The average Bonchev–Trinajstić information content (AvgIpc) is 3.32. The summed E-state index contributed by atoms with van der Waals surface area (Å²) < 4.78 is 5.21. The smallest absolute Gasteiger partial charge is 0.257 e. The monoisotopic (exact) mass is 341 g/mol. The van der Waals surface area contributed by atoms with Gasteiger partial charge in [-0.3, -0.25) is 9.89 Å². The molecule has 1 aliphatic carbocycles. The van der Waals surface area contributed by atoms with Crippen molar-refractivity contribution in [2.45, 2.75) is 25.4 Å². The molecule has 2 N–H and O–H groups in total. The number of benzene rings is 1. The molecule has 1 aliphatic heterocycles. The molecule has 0 spiro atoms. The van der Waals surface area contributed by atoms with Crippen molar-refractivity contribution in [3.05, 3.63) is 47.3 Å². The van der Waals surface area contributed by atoms with Gasteiger partial charge in [0.25, 0.3) is 5.91 Å². The van der Waals surface area contributed by atoms with Crippen molar-refractivity contribution in [1.29, 1.82) is 0 Å². The molecule has 3 atom stereocenters. The fourth-order valence-corrected chi connectivity index (χ4v) is 4.44. The number of ether oxygens (including phenoxy) is 1. The molecule has 1 amide bonds. The number of carbonyl (C=O) groups is 1. The van der Waals surface area contributed by atoms with Crippen LogP contribution in [0.25, 0.3) is 0 Å². The zero-order chi connectivity index (χ0) is 17.6. The summed E-state index contributed by atoms with van der Waals surface area (Å²) in [5.74, 6) is 1.18. The number of rotatable bonds is 3. The van der Waals surface area contributed by atoms with E-state index in [1.54, 1.807) is 13.3 Å². The van der Waals surface area contributed by atoms with Crippen LogP contribution in [0.2, 0.25) is 0 Å². The predicted octanol–water partition coefficient (Wildman–Crippen LogP) is 2.10. The number of amides is 1. The first-order valence-electron chi connectivity index (χ1n) is 8.69. The number of hydrogen-bond acceptors (Lipinski definition) is 4. The minimum atomic E-state index is -0.878. The number of likely N-dealkylation sites (tertiary alicyclic amines) is 1. The first kappa shape index (κ1) is 16.1. The van der Waals surface area contributed by atoms with Gasteiger partial charge in [0.1, 0.15) is 5.75 Å². The highest BCUT2D eigenvalue weighted by Crippen LogP contribution is 2.50. The number of nitrogens with zero attached hydrogens (tertiary/aromatic N) is 2. The zero-order valence-corrected chi connectivity index (χ0v) is 14.5. The molecule has 2 fully saturated rings. The SMILES string of the molecule is COc1ccc([C@@]2(O)CC[C@@H]3CN(C(=O)c4cn[nH]c4C)C[C@@H]32)cc1. The molecular weight excluding hydrogens is 318 g/mol. The van der Waals surface area contributed by atoms with Gasteiger partial charge in [0.15, 0.2) is 0 Å². The average molecular weight is 341 g/mol. The maximum atomic E-state index is 12.8. The molecule has 2 aliphatic rings. The van der Waals surface area contributed by atoms with E-state index in [0.717, 1.165) is 29.8 Å². The zero-order valence-electron chi connectivity index (χ0n) is 14.5. The van der Waals surface area contributed by atoms with Crippen LogP contribution in [-0.4, -0.2) is 46.3 Å². The Balaban J connectivity index is 1.56. The molecule has 2 heterocycles. The fourth-order valence-electron chi connectivity index (χ4n) is 4.44. The third kappa shape index (κ3) is 2.52. The van der Waals surface area contributed by atoms with E-state index in [1.165, 1.54) is 0 Å². The molecule has 25 heavy (non-hydrogen) atoms. The van der Waals surface area contributed by atoms with Gasteiger partial charge in [0, 0.05) is 24.7 Å². The van der Waals surface area contributed by atoms with Gasteiger partial charge < -0.3 is 14.7 Å². The third-order valence-electron chi connectivity index (χ3n) is 5.89. The van der Waals surface area contributed by atoms with E-state index in [1.807, 2.05) is 36.1 Å². The Morgan fingerprint density at radius 3 is 2.76 bits per heavy atom. The van der Waals surface area contributed by atoms with Gasteiger partial charge in [0.05, 0.1) is 24.5 Å². The number of aryl methyl sites for hydroxylation is 1. The Kier molecular flexibility index (Phi) is 3.80. The van der Waals surface area contributed by atoms with Crippen LogP contribution in [0.1, 0.15) is 34.5 Å². The summed E-state index contributed by atoms with van der Waals surface area (Å²) in [6.45, 7) is 3.13. The molecule has 0 radical (unpaired) electrons. The van der Waals surface area contributed by atoms with Crippen LogP contribution in [-0.2, 0) is 5.60 Å². The summed E-state index contributed by atoms with van der Waals surface area (Å²) in [7, 11) is 1.63. The van der Waals surface area contributed by atoms with Crippen LogP contribution in [0.4, 0.5) is 0 Å². The predicted molar refractivity (Wildman–Crippen MR) is 92.3 cm³/mol. The normalized spacial score (nSPS) is 28.2. The highest BCUT2D eigenvalue weighted by atomic mass is 16.5. The van der Waals surface area contributed by atoms with Gasteiger partial charge in [-0.05, 0) is 43.4 Å². The van der Waals surface area contributed by atoms with E-state index >= 15 is 0 Å². The number of methoxy groups -OCH3 is 1. The molecule has 4 rings (SSSR count). The molecule has 1 saturated carbocycles. The summed E-state index contributed by atoms with van der Waals surface area (Å²) in [6, 6.07) is 7.64. The lowest BCUT2D eigenvalue weighted by molar-refractivity contribution is -0.00591. The largest absolute Gasteiger partial charge is 0.497 e. The number of aromatic amines is 1. The molecule has 0 unspecified atom stereocenters. The number of carbonyl (C=O) groups excluding carboxylic acids is 1. The molecule has 132 valence electrons. The third-order valence-corrected chi connectivity index (χ3v) is 5.89. The highest BCUT2D eigenvalue weighted by Gasteiger charge is 2.53. The van der Waals surface area contributed by atoms with Crippen LogP contribution in [0.3, 0.4) is 0 Å². The lowest BCUT2D eigenvalue weighted by atomic mass is 9.82. The van der Waals surface area contributed by atoms with Crippen molar-refractivity contribution in [3.63, 3.8) is 0 Å². The first-order chi connectivity index (χ1) is 12.0. The summed E-state index contributed by atoms with van der Waals surface area (Å²) >= 11 is 0. The van der Waals surface area contributed by atoms with E-state index < -0.39 is 5.60 Å². The second-order valence-corrected chi connectivity index (χ2v) is 7.18. The fraction of sp³-hybridized carbons (Fsp3) is 0.474. The van der Waals surface area contributed by atoms with E-state index in [2.05, 4.69) is 10.2 Å². The van der Waals surface area contributed by atoms with Crippen LogP contribution >= 0.6 is 0 Å². The van der Waals surface area contributed by atoms with E-state index in [0.29, 0.717) is 24.6 Å². The Morgan fingerprint density at radius 1 is 1.36 bits per heavy atom. The Hall–Kier alpha value is -2.34. The molecule has 1 aromatic heterocycles. The molecule has 1 aromatic carbocycles. The second-order valence-electron chi connectivity index (χ2n) is 7.18. The number of H-pyrrole nitrogens is 1. The maximum Gasteiger partial charge on any atom is 0.257 e. The van der Waals surface area contributed by atoms with Crippen molar-refractivity contribution in [2.24, 2.45) is 11.8 Å².